The molecule has 11 nitrogen and oxygen atoms in total. The second-order valence-electron chi connectivity index (χ2n) is 13.4. The highest BCUT2D eigenvalue weighted by atomic mass is 32.2. The van der Waals surface area contributed by atoms with Crippen molar-refractivity contribution in [2.24, 2.45) is 5.16 Å². The van der Waals surface area contributed by atoms with Gasteiger partial charge in [0.15, 0.2) is 22.6 Å². The molecule has 0 unspecified atom stereocenters. The van der Waals surface area contributed by atoms with Crippen molar-refractivity contribution in [3.63, 3.8) is 0 Å². The van der Waals surface area contributed by atoms with Crippen LogP contribution in [0, 0.1) is 0 Å². The highest BCUT2D eigenvalue weighted by Gasteiger charge is 2.55. The van der Waals surface area contributed by atoms with Crippen LogP contribution in [0.1, 0.15) is 39.6 Å². The highest BCUT2D eigenvalue weighted by molar-refractivity contribution is 8.00. The Morgan fingerprint density at radius 1 is 0.810 bits per heavy atom. The van der Waals surface area contributed by atoms with E-state index < -0.39 is 40.8 Å². The number of oxime groups is 1. The zero-order valence-corrected chi connectivity index (χ0v) is 32.7. The number of esters is 1. The fourth-order valence-corrected chi connectivity index (χ4v) is 9.18. The Hall–Kier alpha value is -6.70. The average molecular weight is 808 g/mol. The molecule has 2 aliphatic rings. The summed E-state index contributed by atoms with van der Waals surface area (Å²) in [5.74, 6) is -2.41. The Bertz CT molecular complexity index is 2330. The molecule has 1 fully saturated rings. The summed E-state index contributed by atoms with van der Waals surface area (Å²) in [6.45, 7) is 0. The number of aliphatic hydroxyl groups excluding tert-OH is 1. The standard InChI is InChI=1S/C45H37N5O6S2/c1-55-49-36(34-27-58-44(46-34)48-45(31-21-11-4-12-22-31,32-23-13-5-14-24-32)33-25-15-6-16-26-33)40(52)47-37-41(53)50-38(35(51)28-57-42(37)50)43(54)56-39(29-17-7-2-8-18-29)30-19-9-3-10-20-30/h2-27,37,39,42,51H,28H2,1H3,(H,46,48)(H,47,52)/t37-,42-/m1/s1. The second kappa shape index (κ2) is 16.8. The molecule has 0 radical (unpaired) electrons. The number of hydrogen-bond acceptors (Lipinski definition) is 11. The molecule has 5 aromatic carbocycles. The van der Waals surface area contributed by atoms with Crippen LogP contribution in [0.15, 0.2) is 174 Å². The van der Waals surface area contributed by atoms with Crippen LogP contribution in [0.3, 0.4) is 0 Å². The van der Waals surface area contributed by atoms with Gasteiger partial charge in [0.2, 0.25) is 0 Å². The SMILES string of the molecule is CON=C(C(=O)N[C@@H]1C(=O)N2C(C(=O)OC(c3ccccc3)c3ccccc3)=C(O)CS[C@H]12)c1csc(NC(c2ccccc2)(c2ccccc2)c2ccccc2)n1. The van der Waals surface area contributed by atoms with Crippen molar-refractivity contribution >= 4 is 51.7 Å². The van der Waals surface area contributed by atoms with Crippen molar-refractivity contribution in [2.45, 2.75) is 23.1 Å². The van der Waals surface area contributed by atoms with Crippen LogP contribution in [0.5, 0.6) is 0 Å². The number of thioether (sulfide) groups is 1. The second-order valence-corrected chi connectivity index (χ2v) is 15.4. The summed E-state index contributed by atoms with van der Waals surface area (Å²) >= 11 is 2.50. The molecular formula is C45H37N5O6S2. The molecule has 3 heterocycles. The third-order valence-electron chi connectivity index (χ3n) is 9.92. The number of aromatic nitrogens is 1. The maximum atomic E-state index is 13.9. The van der Waals surface area contributed by atoms with Crippen molar-refractivity contribution in [3.8, 4) is 0 Å². The lowest BCUT2D eigenvalue weighted by molar-refractivity contribution is -0.154. The van der Waals surface area contributed by atoms with Crippen LogP contribution in [-0.4, -0.2) is 62.8 Å². The molecular weight excluding hydrogens is 771 g/mol. The maximum Gasteiger partial charge on any atom is 0.359 e. The third-order valence-corrected chi connectivity index (χ3v) is 11.9. The number of aliphatic hydroxyl groups is 1. The largest absolute Gasteiger partial charge is 0.509 e. The van der Waals surface area contributed by atoms with E-state index in [1.807, 2.05) is 115 Å². The molecule has 58 heavy (non-hydrogen) atoms. The lowest BCUT2D eigenvalue weighted by Crippen LogP contribution is -2.71. The number of nitrogens with one attached hydrogen (secondary N) is 2. The van der Waals surface area contributed by atoms with Gasteiger partial charge in [0.05, 0.1) is 5.75 Å². The Morgan fingerprint density at radius 3 is 1.81 bits per heavy atom. The van der Waals surface area contributed by atoms with Crippen LogP contribution in [0.4, 0.5) is 5.13 Å². The number of thiazole rings is 1. The highest BCUT2D eigenvalue weighted by Crippen LogP contribution is 2.42. The molecule has 1 saturated heterocycles. The van der Waals surface area contributed by atoms with E-state index in [9.17, 15) is 19.5 Å². The quantitative estimate of drug-likeness (QED) is 0.0358. The van der Waals surface area contributed by atoms with Crippen LogP contribution in [0.25, 0.3) is 0 Å². The first-order valence-electron chi connectivity index (χ1n) is 18.4. The Balaban J connectivity index is 1.02. The molecule has 6 aromatic rings. The van der Waals surface area contributed by atoms with Gasteiger partial charge in [-0.25, -0.2) is 9.78 Å². The molecule has 13 heteroatoms. The minimum Gasteiger partial charge on any atom is -0.509 e. The van der Waals surface area contributed by atoms with Gasteiger partial charge in [-0.2, -0.15) is 0 Å². The number of anilines is 1. The lowest BCUT2D eigenvalue weighted by atomic mass is 9.77. The minimum absolute atomic E-state index is 0.0265. The number of amides is 2. The minimum atomic E-state index is -1.03. The molecule has 0 bridgehead atoms. The molecule has 2 aliphatic heterocycles. The molecule has 290 valence electrons. The van der Waals surface area contributed by atoms with Gasteiger partial charge in [0.1, 0.15) is 35.5 Å². The summed E-state index contributed by atoms with van der Waals surface area (Å²) in [5.41, 5.74) is 3.34. The molecule has 8 rings (SSSR count). The summed E-state index contributed by atoms with van der Waals surface area (Å²) in [5, 5.41) is 23.0. The maximum absolute atomic E-state index is 13.9. The number of hydrogen-bond donors (Lipinski definition) is 3. The van der Waals surface area contributed by atoms with E-state index in [1.54, 1.807) is 5.38 Å². The normalized spacial score (nSPS) is 16.6. The van der Waals surface area contributed by atoms with Gasteiger partial charge >= 0.3 is 5.97 Å². The third kappa shape index (κ3) is 7.33. The zero-order chi connectivity index (χ0) is 40.1. The van der Waals surface area contributed by atoms with Gasteiger partial charge < -0.3 is 25.3 Å². The predicted molar refractivity (Wildman–Crippen MR) is 224 cm³/mol. The van der Waals surface area contributed by atoms with Gasteiger partial charge in [-0.1, -0.05) is 157 Å². The number of carbonyl (C=O) groups excluding carboxylic acids is 3. The van der Waals surface area contributed by atoms with Crippen molar-refractivity contribution in [1.82, 2.24) is 15.2 Å². The first-order chi connectivity index (χ1) is 28.4. The number of nitrogens with zero attached hydrogens (tertiary/aromatic N) is 3. The van der Waals surface area contributed by atoms with Crippen molar-refractivity contribution in [3.05, 3.63) is 202 Å². The predicted octanol–water partition coefficient (Wildman–Crippen LogP) is 7.40. The number of fused-ring (bicyclic) bond motifs is 1. The van der Waals surface area contributed by atoms with Crippen LogP contribution in [-0.2, 0) is 29.5 Å². The van der Waals surface area contributed by atoms with Gasteiger partial charge in [-0.05, 0) is 27.8 Å². The van der Waals surface area contributed by atoms with E-state index in [-0.39, 0.29) is 28.6 Å². The van der Waals surface area contributed by atoms with E-state index in [0.717, 1.165) is 27.8 Å². The topological polar surface area (TPSA) is 142 Å². The molecule has 0 saturated carbocycles. The molecule has 0 aliphatic carbocycles. The van der Waals surface area contributed by atoms with Crippen molar-refractivity contribution in [2.75, 3.05) is 18.2 Å². The molecule has 0 spiro atoms. The first kappa shape index (κ1) is 38.2. The molecule has 2 amide bonds. The summed E-state index contributed by atoms with van der Waals surface area (Å²) in [6.07, 6.45) is -0.793. The number of β-lactam (4-membered cyclic amide) rings is 1. The Morgan fingerprint density at radius 2 is 1.31 bits per heavy atom. The lowest BCUT2D eigenvalue weighted by Gasteiger charge is -2.48. The van der Waals surface area contributed by atoms with Gasteiger partial charge in [0.25, 0.3) is 11.8 Å². The van der Waals surface area contributed by atoms with Gasteiger partial charge in [0, 0.05) is 5.38 Å². The fourth-order valence-electron chi connectivity index (χ4n) is 7.23. The monoisotopic (exact) mass is 807 g/mol. The zero-order valence-electron chi connectivity index (χ0n) is 31.1. The fraction of sp³-hybridized carbons (Fsp3) is 0.133. The molecule has 3 N–H and O–H groups in total. The smallest absolute Gasteiger partial charge is 0.359 e. The summed E-state index contributed by atoms with van der Waals surface area (Å²) in [7, 11) is 1.32. The van der Waals surface area contributed by atoms with E-state index in [4.69, 9.17) is 14.6 Å². The number of rotatable bonds is 13. The van der Waals surface area contributed by atoms with Crippen LogP contribution >= 0.6 is 23.1 Å². The van der Waals surface area contributed by atoms with Crippen molar-refractivity contribution in [1.29, 1.82) is 0 Å². The number of ether oxygens (including phenoxy) is 1. The van der Waals surface area contributed by atoms with Gasteiger partial charge in [-0.15, -0.1) is 23.1 Å². The summed E-state index contributed by atoms with van der Waals surface area (Å²) < 4.78 is 6.00. The van der Waals surface area contributed by atoms with Gasteiger partial charge in [-0.3, -0.25) is 14.5 Å². The number of benzene rings is 5. The first-order valence-corrected chi connectivity index (χ1v) is 20.3. The molecule has 2 atom stereocenters. The van der Waals surface area contributed by atoms with Crippen molar-refractivity contribution < 1.29 is 29.1 Å². The van der Waals surface area contributed by atoms with Crippen LogP contribution < -0.4 is 10.6 Å². The molecule has 1 aromatic heterocycles. The Kier molecular flexibility index (Phi) is 11.1. The average Bonchev–Trinajstić information content (AvgIpc) is 3.74. The van der Waals surface area contributed by atoms with Crippen LogP contribution in [0.2, 0.25) is 0 Å². The Labute approximate surface area is 343 Å². The number of carbonyl (C=O) groups is 3. The summed E-state index contributed by atoms with van der Waals surface area (Å²) in [4.78, 5) is 52.6. The van der Waals surface area contributed by atoms with E-state index >= 15 is 0 Å². The van der Waals surface area contributed by atoms with E-state index in [2.05, 4.69) is 52.2 Å². The van der Waals surface area contributed by atoms with E-state index in [1.165, 1.54) is 35.1 Å². The van der Waals surface area contributed by atoms with E-state index in [0.29, 0.717) is 5.13 Å². The summed E-state index contributed by atoms with van der Waals surface area (Å²) in [6, 6.07) is 47.6.